The van der Waals surface area contributed by atoms with Crippen LogP contribution >= 0.6 is 15.9 Å². The second-order valence-corrected chi connectivity index (χ2v) is 3.62. The molecule has 86 valence electrons. The van der Waals surface area contributed by atoms with E-state index < -0.39 is 5.82 Å². The summed E-state index contributed by atoms with van der Waals surface area (Å²) in [6, 6.07) is 5.50. The van der Waals surface area contributed by atoms with Crippen LogP contribution in [0.4, 0.5) is 10.1 Å². The molecule has 0 aliphatic carbocycles. The van der Waals surface area contributed by atoms with Crippen LogP contribution in [0.2, 0.25) is 0 Å². The van der Waals surface area contributed by atoms with E-state index in [9.17, 15) is 4.39 Å². The molecular weight excluding hydrogens is 291 g/mol. The highest BCUT2D eigenvalue weighted by Crippen LogP contribution is 2.34. The number of nitrogens with zero attached hydrogens (tertiary/aromatic N) is 3. The van der Waals surface area contributed by atoms with Crippen molar-refractivity contribution in [3.63, 3.8) is 0 Å². The van der Waals surface area contributed by atoms with Crippen molar-refractivity contribution in [1.29, 1.82) is 10.5 Å². The molecule has 0 atom stereocenters. The molecule has 0 saturated heterocycles. The summed E-state index contributed by atoms with van der Waals surface area (Å²) in [4.78, 5) is 0. The Hall–Kier alpha value is -2.12. The van der Waals surface area contributed by atoms with Gasteiger partial charge in [0, 0.05) is 6.07 Å². The predicted molar refractivity (Wildman–Crippen MR) is 62.9 cm³/mol. The molecule has 0 amide bonds. The molecular formula is C10H6BrFN4O. The van der Waals surface area contributed by atoms with E-state index in [1.54, 1.807) is 12.1 Å². The number of hydrazone groups is 1. The van der Waals surface area contributed by atoms with Crippen LogP contribution in [0.25, 0.3) is 0 Å². The number of ether oxygens (including phenoxy) is 1. The molecule has 1 rings (SSSR count). The number of anilines is 1. The van der Waals surface area contributed by atoms with Crippen LogP contribution in [0.5, 0.6) is 5.75 Å². The lowest BCUT2D eigenvalue weighted by Crippen LogP contribution is -1.99. The van der Waals surface area contributed by atoms with Gasteiger partial charge in [0.1, 0.15) is 23.6 Å². The smallest absolute Gasteiger partial charge is 0.237 e. The monoisotopic (exact) mass is 296 g/mol. The van der Waals surface area contributed by atoms with Gasteiger partial charge in [0.2, 0.25) is 5.71 Å². The van der Waals surface area contributed by atoms with Gasteiger partial charge in [-0.25, -0.2) is 4.39 Å². The predicted octanol–water partition coefficient (Wildman–Crippen LogP) is 2.41. The van der Waals surface area contributed by atoms with Gasteiger partial charge in [-0.05, 0) is 22.0 Å². The highest BCUT2D eigenvalue weighted by atomic mass is 79.9. The number of halogens is 2. The SMILES string of the molecule is COc1c(Br)cc(F)cc1NN=C(C#N)C#N. The van der Waals surface area contributed by atoms with Crippen LogP contribution in [-0.2, 0) is 0 Å². The zero-order valence-corrected chi connectivity index (χ0v) is 10.2. The van der Waals surface area contributed by atoms with E-state index in [2.05, 4.69) is 26.5 Å². The largest absolute Gasteiger partial charge is 0.493 e. The summed E-state index contributed by atoms with van der Waals surface area (Å²) in [7, 11) is 1.41. The summed E-state index contributed by atoms with van der Waals surface area (Å²) in [5.74, 6) is -0.184. The van der Waals surface area contributed by atoms with Crippen molar-refractivity contribution < 1.29 is 9.13 Å². The minimum absolute atomic E-state index is 0.211. The first-order chi connectivity index (χ1) is 8.12. The van der Waals surface area contributed by atoms with Crippen molar-refractivity contribution in [2.45, 2.75) is 0 Å². The van der Waals surface area contributed by atoms with Gasteiger partial charge < -0.3 is 4.74 Å². The zero-order chi connectivity index (χ0) is 12.8. The first-order valence-electron chi connectivity index (χ1n) is 4.29. The van der Waals surface area contributed by atoms with Crippen LogP contribution in [0, 0.1) is 28.5 Å². The molecule has 0 heterocycles. The Kier molecular flexibility index (Phi) is 4.44. The molecule has 1 N–H and O–H groups in total. The molecule has 0 spiro atoms. The van der Waals surface area contributed by atoms with Crippen molar-refractivity contribution in [3.05, 3.63) is 22.4 Å². The van der Waals surface area contributed by atoms with Crippen molar-refractivity contribution in [2.75, 3.05) is 12.5 Å². The summed E-state index contributed by atoms with van der Waals surface area (Å²) in [5, 5.41) is 20.5. The summed E-state index contributed by atoms with van der Waals surface area (Å²) in [6.07, 6.45) is 0. The van der Waals surface area contributed by atoms with Gasteiger partial charge in [-0.15, -0.1) is 0 Å². The lowest BCUT2D eigenvalue weighted by atomic mass is 10.3. The number of hydrogen-bond donors (Lipinski definition) is 1. The highest BCUT2D eigenvalue weighted by Gasteiger charge is 2.09. The Morgan fingerprint density at radius 1 is 1.47 bits per heavy atom. The Morgan fingerprint density at radius 3 is 2.65 bits per heavy atom. The van der Waals surface area contributed by atoms with E-state index in [0.29, 0.717) is 10.2 Å². The standard InChI is InChI=1S/C10H6BrFN4O/c1-17-10-8(11)2-6(12)3-9(10)16-15-7(4-13)5-14/h2-3,16H,1H3. The van der Waals surface area contributed by atoms with E-state index in [1.165, 1.54) is 13.2 Å². The van der Waals surface area contributed by atoms with Crippen LogP contribution < -0.4 is 10.2 Å². The maximum Gasteiger partial charge on any atom is 0.237 e. The minimum atomic E-state index is -0.508. The van der Waals surface area contributed by atoms with Gasteiger partial charge in [-0.1, -0.05) is 0 Å². The Bertz CT molecular complexity index is 528. The fourth-order valence-electron chi connectivity index (χ4n) is 1.04. The lowest BCUT2D eigenvalue weighted by molar-refractivity contribution is 0.412. The molecule has 1 aromatic carbocycles. The van der Waals surface area contributed by atoms with E-state index in [-0.39, 0.29) is 11.4 Å². The number of benzene rings is 1. The number of nitrogens with one attached hydrogen (secondary N) is 1. The average molecular weight is 297 g/mol. The molecule has 0 bridgehead atoms. The summed E-state index contributed by atoms with van der Waals surface area (Å²) in [5.41, 5.74) is 2.24. The highest BCUT2D eigenvalue weighted by molar-refractivity contribution is 9.10. The Balaban J connectivity index is 3.12. The Labute approximate surface area is 105 Å². The third kappa shape index (κ3) is 3.16. The van der Waals surface area contributed by atoms with Gasteiger partial charge in [-0.3, -0.25) is 5.43 Å². The van der Waals surface area contributed by atoms with Crippen molar-refractivity contribution >= 4 is 27.3 Å². The van der Waals surface area contributed by atoms with E-state index in [0.717, 1.165) is 6.07 Å². The second kappa shape index (κ2) is 5.83. The fourth-order valence-corrected chi connectivity index (χ4v) is 1.64. The Morgan fingerprint density at radius 2 is 2.12 bits per heavy atom. The third-order valence-electron chi connectivity index (χ3n) is 1.71. The van der Waals surface area contributed by atoms with E-state index in [4.69, 9.17) is 15.3 Å². The molecule has 7 heteroatoms. The maximum absolute atomic E-state index is 13.1. The molecule has 0 aliphatic rings. The van der Waals surface area contributed by atoms with Gasteiger partial charge in [0.25, 0.3) is 0 Å². The number of methoxy groups -OCH3 is 1. The molecule has 0 aliphatic heterocycles. The molecule has 0 saturated carbocycles. The first-order valence-corrected chi connectivity index (χ1v) is 5.08. The van der Waals surface area contributed by atoms with Gasteiger partial charge in [0.15, 0.2) is 5.75 Å². The van der Waals surface area contributed by atoms with Crippen LogP contribution in [0.3, 0.4) is 0 Å². The van der Waals surface area contributed by atoms with Crippen molar-refractivity contribution in [3.8, 4) is 17.9 Å². The molecule has 0 fully saturated rings. The van der Waals surface area contributed by atoms with Gasteiger partial charge >= 0.3 is 0 Å². The van der Waals surface area contributed by atoms with Crippen LogP contribution in [0.1, 0.15) is 0 Å². The topological polar surface area (TPSA) is 81.2 Å². The van der Waals surface area contributed by atoms with E-state index in [1.807, 2.05) is 0 Å². The molecule has 17 heavy (non-hydrogen) atoms. The number of rotatable bonds is 3. The molecule has 0 unspecified atom stereocenters. The van der Waals surface area contributed by atoms with E-state index >= 15 is 0 Å². The molecule has 1 aromatic rings. The van der Waals surface area contributed by atoms with Crippen LogP contribution in [-0.4, -0.2) is 12.8 Å². The zero-order valence-electron chi connectivity index (χ0n) is 8.66. The minimum Gasteiger partial charge on any atom is -0.493 e. The van der Waals surface area contributed by atoms with Crippen molar-refractivity contribution in [1.82, 2.24) is 0 Å². The molecule has 0 aromatic heterocycles. The van der Waals surface area contributed by atoms with Gasteiger partial charge in [-0.2, -0.15) is 15.6 Å². The third-order valence-corrected chi connectivity index (χ3v) is 2.30. The van der Waals surface area contributed by atoms with Gasteiger partial charge in [0.05, 0.1) is 11.6 Å². The molecule has 0 radical (unpaired) electrons. The lowest BCUT2D eigenvalue weighted by Gasteiger charge is -2.09. The summed E-state index contributed by atoms with van der Waals surface area (Å²) < 4.78 is 18.5. The second-order valence-electron chi connectivity index (χ2n) is 2.76. The summed E-state index contributed by atoms with van der Waals surface area (Å²) in [6.45, 7) is 0. The first kappa shape index (κ1) is 12.9. The molecule has 5 nitrogen and oxygen atoms in total. The normalized spacial score (nSPS) is 8.76. The summed E-state index contributed by atoms with van der Waals surface area (Å²) >= 11 is 3.12. The van der Waals surface area contributed by atoms with Crippen LogP contribution in [0.15, 0.2) is 21.7 Å². The number of nitriles is 2. The number of hydrogen-bond acceptors (Lipinski definition) is 5. The average Bonchev–Trinajstić information content (AvgIpc) is 2.29. The maximum atomic E-state index is 13.1. The quantitative estimate of drug-likeness (QED) is 0.686. The fraction of sp³-hybridized carbons (Fsp3) is 0.100. The van der Waals surface area contributed by atoms with Crippen molar-refractivity contribution in [2.24, 2.45) is 5.10 Å².